The first-order valence-corrected chi connectivity index (χ1v) is 3.78. The van der Waals surface area contributed by atoms with Crippen LogP contribution in [0.3, 0.4) is 0 Å². The van der Waals surface area contributed by atoms with Crippen molar-refractivity contribution in [3.8, 4) is 0 Å². The van der Waals surface area contributed by atoms with Crippen molar-refractivity contribution in [1.29, 1.82) is 0 Å². The van der Waals surface area contributed by atoms with E-state index in [9.17, 15) is 0 Å². The van der Waals surface area contributed by atoms with Crippen LogP contribution in [0.15, 0.2) is 35.6 Å². The fourth-order valence-corrected chi connectivity index (χ4v) is 0.742. The summed E-state index contributed by atoms with van der Waals surface area (Å²) in [7, 11) is 0. The van der Waals surface area contributed by atoms with Gasteiger partial charge < -0.3 is 5.43 Å². The third kappa shape index (κ3) is 2.27. The Morgan fingerprint density at radius 2 is 2.10 bits per heavy atom. The average molecular weight is 201 g/mol. The quantitative estimate of drug-likeness (QED) is 0.790. The minimum atomic E-state index is 0.745. The van der Waals surface area contributed by atoms with Crippen molar-refractivity contribution in [3.63, 3.8) is 0 Å². The van der Waals surface area contributed by atoms with E-state index in [2.05, 4.69) is 27.9 Å². The summed E-state index contributed by atoms with van der Waals surface area (Å²) in [6, 6.07) is 3.92. The van der Waals surface area contributed by atoms with Crippen molar-refractivity contribution in [2.75, 3.05) is 12.0 Å². The third-order valence-corrected chi connectivity index (χ3v) is 1.34. The van der Waals surface area contributed by atoms with Gasteiger partial charge in [-0.1, -0.05) is 22.5 Å². The maximum atomic E-state index is 3.70. The molecule has 0 spiro atoms. The number of halogens is 1. The van der Waals surface area contributed by atoms with Crippen molar-refractivity contribution in [1.82, 2.24) is 4.68 Å². The molecule has 1 N–H and O–H groups in total. The molecule has 0 fully saturated rings. The highest BCUT2D eigenvalue weighted by molar-refractivity contribution is 9.11. The molecule has 10 heavy (non-hydrogen) atoms. The largest absolute Gasteiger partial charge is 0.322 e. The Hall–Kier alpha value is -0.700. The van der Waals surface area contributed by atoms with Gasteiger partial charge in [0.05, 0.1) is 6.54 Å². The Balaban J connectivity index is 2.35. The number of hydrogen-bond acceptors (Lipinski definition) is 1. The van der Waals surface area contributed by atoms with Gasteiger partial charge in [-0.25, -0.2) is 0 Å². The lowest BCUT2D eigenvalue weighted by Crippen LogP contribution is -2.13. The number of nitrogens with one attached hydrogen (secondary N) is 1. The van der Waals surface area contributed by atoms with Gasteiger partial charge in [0.1, 0.15) is 0 Å². The smallest absolute Gasteiger partial charge is 0.0623 e. The molecule has 54 valence electrons. The van der Waals surface area contributed by atoms with E-state index in [-0.39, 0.29) is 0 Å². The second kappa shape index (κ2) is 3.46. The van der Waals surface area contributed by atoms with Crippen LogP contribution >= 0.6 is 15.9 Å². The molecule has 0 saturated heterocycles. The number of nitrogens with zero attached hydrogens (tertiary/aromatic N) is 1. The van der Waals surface area contributed by atoms with E-state index in [1.807, 2.05) is 29.2 Å². The topological polar surface area (TPSA) is 17.0 Å². The Morgan fingerprint density at radius 3 is 2.60 bits per heavy atom. The highest BCUT2D eigenvalue weighted by Crippen LogP contribution is 1.97. The molecule has 0 aromatic carbocycles. The van der Waals surface area contributed by atoms with Gasteiger partial charge in [0, 0.05) is 16.9 Å². The van der Waals surface area contributed by atoms with Gasteiger partial charge in [0.15, 0.2) is 0 Å². The van der Waals surface area contributed by atoms with Crippen molar-refractivity contribution in [2.24, 2.45) is 0 Å². The molecule has 1 aromatic rings. The first-order valence-electron chi connectivity index (χ1n) is 2.99. The second-order valence-corrected chi connectivity index (χ2v) is 3.06. The van der Waals surface area contributed by atoms with Crippen molar-refractivity contribution in [2.45, 2.75) is 0 Å². The highest BCUT2D eigenvalue weighted by Gasteiger charge is 1.86. The summed E-state index contributed by atoms with van der Waals surface area (Å²) in [4.78, 5) is 0. The van der Waals surface area contributed by atoms with Gasteiger partial charge >= 0.3 is 0 Å². The molecule has 0 amide bonds. The molecule has 2 nitrogen and oxygen atoms in total. The molecule has 0 bridgehead atoms. The minimum Gasteiger partial charge on any atom is -0.322 e. The summed E-state index contributed by atoms with van der Waals surface area (Å²) in [5.74, 6) is 0. The normalized spacial score (nSPS) is 9.30. The third-order valence-electron chi connectivity index (χ3n) is 1.06. The zero-order valence-electron chi connectivity index (χ0n) is 5.55. The summed E-state index contributed by atoms with van der Waals surface area (Å²) in [5, 5.41) is 0. The Kier molecular flexibility index (Phi) is 2.57. The fraction of sp³-hybridized carbons (Fsp3) is 0.143. The molecule has 0 unspecified atom stereocenters. The molecule has 3 heteroatoms. The van der Waals surface area contributed by atoms with Crippen molar-refractivity contribution < 1.29 is 0 Å². The lowest BCUT2D eigenvalue weighted by atomic mass is 10.6. The number of aromatic nitrogens is 1. The van der Waals surface area contributed by atoms with E-state index >= 15 is 0 Å². The van der Waals surface area contributed by atoms with Gasteiger partial charge in [-0.2, -0.15) is 0 Å². The van der Waals surface area contributed by atoms with Crippen LogP contribution in [0.5, 0.6) is 0 Å². The van der Waals surface area contributed by atoms with Crippen LogP contribution in [0.2, 0.25) is 0 Å². The maximum absolute atomic E-state index is 3.70. The zero-order chi connectivity index (χ0) is 7.40. The second-order valence-electron chi connectivity index (χ2n) is 1.94. The molecule has 1 heterocycles. The van der Waals surface area contributed by atoms with Gasteiger partial charge in [-0.15, -0.1) is 0 Å². The highest BCUT2D eigenvalue weighted by atomic mass is 79.9. The van der Waals surface area contributed by atoms with E-state index in [0.717, 1.165) is 11.0 Å². The molecule has 1 aromatic heterocycles. The van der Waals surface area contributed by atoms with Crippen LogP contribution in [0.4, 0.5) is 0 Å². The Morgan fingerprint density at radius 1 is 1.50 bits per heavy atom. The molecule has 0 aliphatic heterocycles. The van der Waals surface area contributed by atoms with Gasteiger partial charge in [-0.05, 0) is 12.1 Å². The SMILES string of the molecule is C=C(Br)CNn1cccc1. The predicted octanol–water partition coefficient (Wildman–Crippen LogP) is 1.94. The van der Waals surface area contributed by atoms with Crippen LogP contribution in [-0.2, 0) is 0 Å². The predicted molar refractivity (Wildman–Crippen MR) is 46.7 cm³/mol. The van der Waals surface area contributed by atoms with Gasteiger partial charge in [0.25, 0.3) is 0 Å². The van der Waals surface area contributed by atoms with Gasteiger partial charge in [0.2, 0.25) is 0 Å². The molecule has 1 rings (SSSR count). The molecule has 0 aliphatic rings. The van der Waals surface area contributed by atoms with E-state index in [1.165, 1.54) is 0 Å². The van der Waals surface area contributed by atoms with Crippen LogP contribution in [0.1, 0.15) is 0 Å². The maximum Gasteiger partial charge on any atom is 0.0623 e. The van der Waals surface area contributed by atoms with Crippen LogP contribution in [0, 0.1) is 0 Å². The van der Waals surface area contributed by atoms with Crippen molar-refractivity contribution in [3.05, 3.63) is 35.6 Å². The number of hydrogen-bond donors (Lipinski definition) is 1. The first-order chi connectivity index (χ1) is 4.79. The zero-order valence-corrected chi connectivity index (χ0v) is 7.13. The fourth-order valence-electron chi connectivity index (χ4n) is 0.617. The minimum absolute atomic E-state index is 0.745. The van der Waals surface area contributed by atoms with Crippen LogP contribution in [0.25, 0.3) is 0 Å². The van der Waals surface area contributed by atoms with E-state index in [1.54, 1.807) is 0 Å². The monoisotopic (exact) mass is 200 g/mol. The summed E-state index contributed by atoms with van der Waals surface area (Å²) < 4.78 is 2.83. The summed E-state index contributed by atoms with van der Waals surface area (Å²) in [6.45, 7) is 4.44. The summed E-state index contributed by atoms with van der Waals surface area (Å²) >= 11 is 3.25. The molecule has 0 radical (unpaired) electrons. The molecule has 0 aliphatic carbocycles. The molecule has 0 saturated carbocycles. The summed E-state index contributed by atoms with van der Waals surface area (Å²) in [6.07, 6.45) is 3.88. The average Bonchev–Trinajstić information content (AvgIpc) is 2.34. The molecular formula is C7H9BrN2. The first kappa shape index (κ1) is 7.41. The lowest BCUT2D eigenvalue weighted by Gasteiger charge is -2.04. The molecular weight excluding hydrogens is 192 g/mol. The number of rotatable bonds is 3. The summed E-state index contributed by atoms with van der Waals surface area (Å²) in [5.41, 5.74) is 3.09. The van der Waals surface area contributed by atoms with Crippen LogP contribution < -0.4 is 5.43 Å². The molecule has 0 atom stereocenters. The Labute approximate surface area is 68.6 Å². The van der Waals surface area contributed by atoms with Gasteiger partial charge in [-0.3, -0.25) is 4.68 Å². The van der Waals surface area contributed by atoms with Crippen LogP contribution in [-0.4, -0.2) is 11.2 Å². The lowest BCUT2D eigenvalue weighted by molar-refractivity contribution is 0.897. The van der Waals surface area contributed by atoms with Crippen molar-refractivity contribution >= 4 is 15.9 Å². The van der Waals surface area contributed by atoms with E-state index in [4.69, 9.17) is 0 Å². The van der Waals surface area contributed by atoms with E-state index in [0.29, 0.717) is 0 Å². The Bertz CT molecular complexity index is 203. The van der Waals surface area contributed by atoms with E-state index < -0.39 is 0 Å². The standard InChI is InChI=1S/C7H9BrN2/c1-7(8)6-9-10-4-2-3-5-10/h2-5,9H,1,6H2.